The largest absolute Gasteiger partial charge is 0.397 e. The van der Waals surface area contributed by atoms with Crippen molar-refractivity contribution in [1.29, 1.82) is 0 Å². The SMILES string of the molecule is [2H]C([2H])([2H])C(=O)[C@@]1([2H])CC[C@H]2[C@@H]3CC=C4C[C@@H](OS(=O)(=O)O)CC[C@]4(C)[C@H]3CC[C@@]21C.[Na]. The molecule has 153 valence electrons. The van der Waals surface area contributed by atoms with Crippen molar-refractivity contribution in [3.8, 4) is 0 Å². The molecule has 4 aliphatic rings. The molecule has 7 heteroatoms. The van der Waals surface area contributed by atoms with E-state index in [0.717, 1.165) is 19.3 Å². The molecule has 0 saturated heterocycles. The van der Waals surface area contributed by atoms with E-state index in [2.05, 4.69) is 13.0 Å². The van der Waals surface area contributed by atoms with E-state index in [1.54, 1.807) is 0 Å². The molecule has 0 spiro atoms. The molecule has 1 N–H and O–H groups in total. The van der Waals surface area contributed by atoms with E-state index in [-0.39, 0.29) is 46.8 Å². The maximum Gasteiger partial charge on any atom is 0.397 e. The van der Waals surface area contributed by atoms with Gasteiger partial charge in [0.15, 0.2) is 0 Å². The van der Waals surface area contributed by atoms with E-state index in [1.165, 1.54) is 5.57 Å². The summed E-state index contributed by atoms with van der Waals surface area (Å²) in [5.41, 5.74) is 0.419. The molecule has 0 aliphatic heterocycles. The third kappa shape index (κ3) is 3.71. The fourth-order valence-electron chi connectivity index (χ4n) is 7.07. The number of hydrogen-bond donors (Lipinski definition) is 1. The maximum atomic E-state index is 12.8. The Morgan fingerprint density at radius 3 is 2.68 bits per heavy atom. The zero-order valence-electron chi connectivity index (χ0n) is 21.0. The summed E-state index contributed by atoms with van der Waals surface area (Å²) >= 11 is 0. The Morgan fingerprint density at radius 1 is 1.25 bits per heavy atom. The number of carbonyl (C=O) groups excluding carboxylic acids is 1. The Morgan fingerprint density at radius 2 is 2.00 bits per heavy atom. The quantitative estimate of drug-likeness (QED) is 0.422. The average Bonchev–Trinajstić information content (AvgIpc) is 2.91. The number of Topliss-reactive ketones (excluding diaryl/α,β-unsaturated/α-hetero) is 1. The van der Waals surface area contributed by atoms with Crippen LogP contribution in [-0.4, -0.2) is 54.4 Å². The molecule has 5 nitrogen and oxygen atoms in total. The summed E-state index contributed by atoms with van der Waals surface area (Å²) in [6.45, 7) is 1.42. The minimum Gasteiger partial charge on any atom is -0.300 e. The molecule has 0 amide bonds. The Hall–Kier alpha value is 0.280. The first-order chi connectivity index (χ1) is 14.1. The van der Waals surface area contributed by atoms with Gasteiger partial charge in [-0.1, -0.05) is 25.5 Å². The van der Waals surface area contributed by atoms with Crippen LogP contribution >= 0.6 is 0 Å². The monoisotopic (exact) mass is 423 g/mol. The van der Waals surface area contributed by atoms with Crippen molar-refractivity contribution in [3.63, 3.8) is 0 Å². The van der Waals surface area contributed by atoms with Crippen molar-refractivity contribution >= 4 is 45.7 Å². The van der Waals surface area contributed by atoms with Crippen molar-refractivity contribution < 1.29 is 27.4 Å². The summed E-state index contributed by atoms with van der Waals surface area (Å²) in [5.74, 6) is -1.73. The van der Waals surface area contributed by atoms with E-state index in [0.29, 0.717) is 38.0 Å². The smallest absolute Gasteiger partial charge is 0.300 e. The Balaban J connectivity index is 0.00000289. The van der Waals surface area contributed by atoms with Gasteiger partial charge in [0.1, 0.15) is 5.78 Å². The Labute approximate surface area is 196 Å². The second-order valence-electron chi connectivity index (χ2n) is 9.45. The second-order valence-corrected chi connectivity index (χ2v) is 10.5. The van der Waals surface area contributed by atoms with Gasteiger partial charge in [0, 0.05) is 40.9 Å². The van der Waals surface area contributed by atoms with Crippen LogP contribution in [0, 0.1) is 34.5 Å². The van der Waals surface area contributed by atoms with Gasteiger partial charge >= 0.3 is 10.4 Å². The van der Waals surface area contributed by atoms with Crippen LogP contribution in [0.2, 0.25) is 0 Å². The number of fused-ring (bicyclic) bond motifs is 5. The van der Waals surface area contributed by atoms with Gasteiger partial charge in [-0.3, -0.25) is 9.35 Å². The molecule has 4 rings (SSSR count). The Kier molecular flexibility index (Phi) is 4.96. The molecule has 0 bridgehead atoms. The van der Waals surface area contributed by atoms with Gasteiger partial charge in [-0.15, -0.1) is 0 Å². The molecule has 3 fully saturated rings. The fourth-order valence-corrected chi connectivity index (χ4v) is 7.58. The average molecular weight is 424 g/mol. The van der Waals surface area contributed by atoms with Crippen LogP contribution in [-0.2, 0) is 19.4 Å². The van der Waals surface area contributed by atoms with E-state index >= 15 is 0 Å². The zero-order chi connectivity index (χ0) is 23.0. The first-order valence-corrected chi connectivity index (χ1v) is 11.4. The summed E-state index contributed by atoms with van der Waals surface area (Å²) in [5, 5.41) is 0. The van der Waals surface area contributed by atoms with Crippen LogP contribution in [0.5, 0.6) is 0 Å². The van der Waals surface area contributed by atoms with Crippen LogP contribution in [0.4, 0.5) is 0 Å². The molecule has 28 heavy (non-hydrogen) atoms. The van der Waals surface area contributed by atoms with Gasteiger partial charge in [0.2, 0.25) is 0 Å². The van der Waals surface area contributed by atoms with Crippen LogP contribution in [0.3, 0.4) is 0 Å². The van der Waals surface area contributed by atoms with Crippen LogP contribution in [0.15, 0.2) is 11.6 Å². The molecular weight excluding hydrogens is 387 g/mol. The maximum absolute atomic E-state index is 12.8. The Bertz CT molecular complexity index is 922. The van der Waals surface area contributed by atoms with Crippen LogP contribution in [0.1, 0.15) is 77.5 Å². The number of hydrogen-bond acceptors (Lipinski definition) is 4. The van der Waals surface area contributed by atoms with Crippen molar-refractivity contribution in [3.05, 3.63) is 11.6 Å². The van der Waals surface area contributed by atoms with Crippen LogP contribution < -0.4 is 0 Å². The normalized spacial score (nSPS) is 50.3. The summed E-state index contributed by atoms with van der Waals surface area (Å²) in [7, 11) is -4.48. The van der Waals surface area contributed by atoms with E-state index in [1.807, 2.05) is 6.92 Å². The molecule has 1 radical (unpaired) electrons. The van der Waals surface area contributed by atoms with Gasteiger partial charge in [-0.05, 0) is 86.8 Å². The molecular formula is C21H32NaO5S. The number of rotatable bonds is 3. The molecule has 0 aromatic carbocycles. The second kappa shape index (κ2) is 7.76. The molecule has 0 unspecified atom stereocenters. The van der Waals surface area contributed by atoms with Gasteiger partial charge in [0.25, 0.3) is 0 Å². The van der Waals surface area contributed by atoms with Crippen molar-refractivity contribution in [2.75, 3.05) is 0 Å². The summed E-state index contributed by atoms with van der Waals surface area (Å²) < 4.78 is 68.0. The molecule has 0 aromatic rings. The topological polar surface area (TPSA) is 80.7 Å². The van der Waals surface area contributed by atoms with E-state index in [9.17, 15) is 13.2 Å². The van der Waals surface area contributed by atoms with E-state index in [4.69, 9.17) is 14.2 Å². The van der Waals surface area contributed by atoms with Gasteiger partial charge in [-0.25, -0.2) is 4.18 Å². The van der Waals surface area contributed by atoms with Crippen molar-refractivity contribution in [1.82, 2.24) is 0 Å². The van der Waals surface area contributed by atoms with Gasteiger partial charge in [0.05, 0.1) is 6.10 Å². The predicted octanol–water partition coefficient (Wildman–Crippen LogP) is 3.96. The fraction of sp³-hybridized carbons (Fsp3) is 0.857. The number of ketones is 1. The minimum absolute atomic E-state index is 0. The predicted molar refractivity (Wildman–Crippen MR) is 108 cm³/mol. The number of carbonyl (C=O) groups is 1. The third-order valence-corrected chi connectivity index (χ3v) is 8.89. The first-order valence-electron chi connectivity index (χ1n) is 12.0. The summed E-state index contributed by atoms with van der Waals surface area (Å²) in [6, 6.07) is 0. The molecule has 3 saturated carbocycles. The third-order valence-electron chi connectivity index (χ3n) is 8.37. The first kappa shape index (κ1) is 17.9. The molecule has 4 aliphatic carbocycles. The minimum atomic E-state index is -4.48. The molecule has 0 aromatic heterocycles. The van der Waals surface area contributed by atoms with Crippen molar-refractivity contribution in [2.45, 2.75) is 78.2 Å². The van der Waals surface area contributed by atoms with Gasteiger partial charge in [-0.2, -0.15) is 8.42 Å². The summed E-state index contributed by atoms with van der Waals surface area (Å²) in [4.78, 5) is 12.8. The number of allylic oxidation sites excluding steroid dienone is 1. The standard InChI is InChI=1S/C21H32O5S.Na/c1-13(22)17-6-7-18-16-5-4-14-12-15(26-27(23,24)25)8-10-20(14,2)19(16)9-11-21(17,18)3;/h4,15-19H,5-12H2,1-3H3,(H,23,24,25);/t15-,16-,17+,18-,19-,20-,21+;/m0./s1/i1D3,17D;. The zero-order valence-corrected chi connectivity index (χ0v) is 19.8. The van der Waals surface area contributed by atoms with Crippen LogP contribution in [0.25, 0.3) is 0 Å². The summed E-state index contributed by atoms with van der Waals surface area (Å²) in [6.07, 6.45) is 6.63. The van der Waals surface area contributed by atoms with Crippen molar-refractivity contribution in [2.24, 2.45) is 34.5 Å². The molecule has 0 heterocycles. The van der Waals surface area contributed by atoms with Gasteiger partial charge < -0.3 is 0 Å². The van der Waals surface area contributed by atoms with E-state index < -0.39 is 40.4 Å². The molecule has 7 atom stereocenters.